The number of hydrogen-bond acceptors (Lipinski definition) is 7. The van der Waals surface area contributed by atoms with Crippen LogP contribution in [-0.2, 0) is 20.9 Å². The number of aromatic nitrogens is 4. The average Bonchev–Trinajstić information content (AvgIpc) is 2.80. The maximum absolute atomic E-state index is 5.58. The average molecular weight is 328 g/mol. The van der Waals surface area contributed by atoms with Gasteiger partial charge in [-0.05, 0) is 32.9 Å². The minimum absolute atomic E-state index is 0.128. The van der Waals surface area contributed by atoms with Gasteiger partial charge in [0.05, 0.1) is 13.2 Å². The van der Waals surface area contributed by atoms with Crippen LogP contribution < -0.4 is 4.52 Å². The molecule has 0 unspecified atom stereocenters. The smallest absolute Gasteiger partial charge is 0.382 e. The lowest BCUT2D eigenvalue weighted by Crippen LogP contribution is -2.04. The fraction of sp³-hybridized carbons (Fsp3) is 0.417. The van der Waals surface area contributed by atoms with Gasteiger partial charge in [-0.1, -0.05) is 6.07 Å². The first-order valence-electron chi connectivity index (χ1n) is 6.51. The van der Waals surface area contributed by atoms with Crippen LogP contribution in [0.1, 0.15) is 19.7 Å². The molecule has 0 radical (unpaired) electrons. The van der Waals surface area contributed by atoms with Gasteiger partial charge in [-0.15, -0.1) is 5.10 Å². The molecule has 0 amide bonds. The second-order valence-corrected chi connectivity index (χ2v) is 6.85. The van der Waals surface area contributed by atoms with E-state index in [1.807, 2.05) is 32.0 Å². The summed E-state index contributed by atoms with van der Waals surface area (Å²) in [7, 11) is 0. The molecule has 7 nitrogen and oxygen atoms in total. The Morgan fingerprint density at radius 2 is 1.95 bits per heavy atom. The Bertz CT molecular complexity index is 625. The second kappa shape index (κ2) is 7.09. The normalized spacial score (nSPS) is 11.6. The van der Waals surface area contributed by atoms with Gasteiger partial charge in [0.15, 0.2) is 5.82 Å². The SMILES string of the molecule is CCOP(=S)(OCC)Oc1nc(C)n(-c2ccccn2)n1. The largest absolute Gasteiger partial charge is 0.388 e. The van der Waals surface area contributed by atoms with E-state index >= 15 is 0 Å². The molecule has 2 heterocycles. The molecule has 0 aliphatic carbocycles. The first-order valence-corrected chi connectivity index (χ1v) is 9.07. The van der Waals surface area contributed by atoms with E-state index in [9.17, 15) is 0 Å². The fourth-order valence-electron chi connectivity index (χ4n) is 1.61. The molecule has 114 valence electrons. The molecule has 2 aromatic heterocycles. The molecule has 9 heteroatoms. The van der Waals surface area contributed by atoms with Gasteiger partial charge in [0.2, 0.25) is 0 Å². The molecular formula is C12H17N4O3PS. The van der Waals surface area contributed by atoms with Crippen molar-refractivity contribution in [2.75, 3.05) is 13.2 Å². The summed E-state index contributed by atoms with van der Waals surface area (Å²) in [6.07, 6.45) is 1.68. The maximum Gasteiger partial charge on any atom is 0.382 e. The van der Waals surface area contributed by atoms with Crippen LogP contribution in [0, 0.1) is 6.92 Å². The van der Waals surface area contributed by atoms with Crippen molar-refractivity contribution >= 4 is 18.5 Å². The molecule has 0 saturated heterocycles. The van der Waals surface area contributed by atoms with Crippen molar-refractivity contribution in [1.82, 2.24) is 19.7 Å². The second-order valence-electron chi connectivity index (χ2n) is 3.92. The Hall–Kier alpha value is -1.34. The van der Waals surface area contributed by atoms with Crippen LogP contribution in [-0.4, -0.2) is 33.0 Å². The van der Waals surface area contributed by atoms with Gasteiger partial charge in [-0.25, -0.2) is 4.98 Å². The lowest BCUT2D eigenvalue weighted by molar-refractivity contribution is 0.214. The fourth-order valence-corrected chi connectivity index (χ4v) is 3.53. The van der Waals surface area contributed by atoms with Crippen LogP contribution in [0.15, 0.2) is 24.4 Å². The summed E-state index contributed by atoms with van der Waals surface area (Å²) < 4.78 is 18.0. The number of rotatable bonds is 7. The van der Waals surface area contributed by atoms with E-state index in [0.29, 0.717) is 24.9 Å². The molecular weight excluding hydrogens is 311 g/mol. The van der Waals surface area contributed by atoms with E-state index in [0.717, 1.165) is 0 Å². The van der Waals surface area contributed by atoms with E-state index in [1.165, 1.54) is 0 Å². The highest BCUT2D eigenvalue weighted by Gasteiger charge is 2.24. The monoisotopic (exact) mass is 328 g/mol. The first kappa shape index (κ1) is 16.0. The molecule has 2 aromatic rings. The highest BCUT2D eigenvalue weighted by molar-refractivity contribution is 8.07. The lowest BCUT2D eigenvalue weighted by Gasteiger charge is -2.18. The Labute approximate surface area is 128 Å². The molecule has 0 aliphatic heterocycles. The molecule has 0 aromatic carbocycles. The number of hydrogen-bond donors (Lipinski definition) is 0. The van der Waals surface area contributed by atoms with Crippen LogP contribution in [0.25, 0.3) is 5.82 Å². The third-order valence-electron chi connectivity index (χ3n) is 2.38. The maximum atomic E-state index is 5.58. The van der Waals surface area contributed by atoms with Crippen molar-refractivity contribution in [3.05, 3.63) is 30.2 Å². The van der Waals surface area contributed by atoms with Gasteiger partial charge >= 0.3 is 12.7 Å². The zero-order chi connectivity index (χ0) is 15.3. The van der Waals surface area contributed by atoms with Crippen molar-refractivity contribution in [2.45, 2.75) is 20.8 Å². The summed E-state index contributed by atoms with van der Waals surface area (Å²) in [5.74, 6) is 1.29. The number of aryl methyl sites for hydroxylation is 1. The molecule has 2 rings (SSSR count). The summed E-state index contributed by atoms with van der Waals surface area (Å²) in [6, 6.07) is 5.65. The molecule has 0 spiro atoms. The zero-order valence-electron chi connectivity index (χ0n) is 12.1. The number of pyridine rings is 1. The highest BCUT2D eigenvalue weighted by atomic mass is 32.5. The van der Waals surface area contributed by atoms with E-state index in [-0.39, 0.29) is 6.01 Å². The molecule has 0 aliphatic rings. The zero-order valence-corrected chi connectivity index (χ0v) is 13.8. The van der Waals surface area contributed by atoms with Gasteiger partial charge in [-0.3, -0.25) is 9.05 Å². The van der Waals surface area contributed by atoms with Crippen molar-refractivity contribution in [3.8, 4) is 11.8 Å². The predicted octanol–water partition coefficient (Wildman–Crippen LogP) is 2.65. The van der Waals surface area contributed by atoms with Crippen LogP contribution in [0.4, 0.5) is 0 Å². The summed E-state index contributed by atoms with van der Waals surface area (Å²) >= 11 is 5.29. The van der Waals surface area contributed by atoms with E-state index in [4.69, 9.17) is 25.4 Å². The molecule has 0 N–H and O–H groups in total. The van der Waals surface area contributed by atoms with Gasteiger partial charge in [-0.2, -0.15) is 9.67 Å². The third kappa shape index (κ3) is 4.07. The van der Waals surface area contributed by atoms with Gasteiger partial charge in [0.1, 0.15) is 5.82 Å². The van der Waals surface area contributed by atoms with Gasteiger partial charge in [0.25, 0.3) is 0 Å². The first-order chi connectivity index (χ1) is 10.1. The Morgan fingerprint density at radius 1 is 1.24 bits per heavy atom. The van der Waals surface area contributed by atoms with Crippen molar-refractivity contribution in [1.29, 1.82) is 0 Å². The quantitative estimate of drug-likeness (QED) is 0.724. The van der Waals surface area contributed by atoms with Crippen LogP contribution in [0.2, 0.25) is 0 Å². The highest BCUT2D eigenvalue weighted by Crippen LogP contribution is 2.48. The van der Waals surface area contributed by atoms with Crippen LogP contribution >= 0.6 is 6.72 Å². The Morgan fingerprint density at radius 3 is 2.52 bits per heavy atom. The van der Waals surface area contributed by atoms with E-state index in [1.54, 1.807) is 17.8 Å². The van der Waals surface area contributed by atoms with Crippen molar-refractivity contribution in [2.24, 2.45) is 0 Å². The summed E-state index contributed by atoms with van der Waals surface area (Å²) in [6.45, 7) is 3.40. The molecule has 0 bridgehead atoms. The minimum Gasteiger partial charge on any atom is -0.388 e. The van der Waals surface area contributed by atoms with Crippen LogP contribution in [0.3, 0.4) is 0 Å². The third-order valence-corrected chi connectivity index (χ3v) is 4.78. The predicted molar refractivity (Wildman–Crippen MR) is 82.1 cm³/mol. The molecule has 0 atom stereocenters. The number of nitrogens with zero attached hydrogens (tertiary/aromatic N) is 4. The summed E-state index contributed by atoms with van der Waals surface area (Å²) in [5, 5.41) is 4.25. The van der Waals surface area contributed by atoms with E-state index in [2.05, 4.69) is 15.1 Å². The molecule has 21 heavy (non-hydrogen) atoms. The Balaban J connectivity index is 2.24. The summed E-state index contributed by atoms with van der Waals surface area (Å²) in [5.41, 5.74) is 0. The standard InChI is InChI=1S/C12H17N4O3PS/c1-4-17-20(21,18-5-2)19-12-14-10(3)16(15-12)11-8-6-7-9-13-11/h6-9H,4-5H2,1-3H3. The van der Waals surface area contributed by atoms with Gasteiger partial charge in [0, 0.05) is 18.0 Å². The molecule has 0 saturated carbocycles. The topological polar surface area (TPSA) is 71.3 Å². The van der Waals surface area contributed by atoms with Crippen LogP contribution in [0.5, 0.6) is 6.01 Å². The van der Waals surface area contributed by atoms with Crippen molar-refractivity contribution in [3.63, 3.8) is 0 Å². The summed E-state index contributed by atoms with van der Waals surface area (Å²) in [4.78, 5) is 8.44. The Kier molecular flexibility index (Phi) is 5.41. The van der Waals surface area contributed by atoms with E-state index < -0.39 is 6.72 Å². The lowest BCUT2D eigenvalue weighted by atomic mass is 10.4. The minimum atomic E-state index is -2.86. The molecule has 0 fully saturated rings. The van der Waals surface area contributed by atoms with Crippen molar-refractivity contribution < 1.29 is 13.6 Å². The van der Waals surface area contributed by atoms with Gasteiger partial charge < -0.3 is 4.52 Å².